The van der Waals surface area contributed by atoms with Crippen molar-refractivity contribution in [2.24, 2.45) is 5.92 Å². The van der Waals surface area contributed by atoms with Gasteiger partial charge in [-0.15, -0.1) is 0 Å². The van der Waals surface area contributed by atoms with Crippen LogP contribution in [-0.4, -0.2) is 41.3 Å². The van der Waals surface area contributed by atoms with Crippen molar-refractivity contribution < 1.29 is 14.5 Å². The van der Waals surface area contributed by atoms with Crippen molar-refractivity contribution >= 4 is 28.9 Å². The van der Waals surface area contributed by atoms with E-state index in [0.29, 0.717) is 31.5 Å². The monoisotopic (exact) mass is 396 g/mol. The Bertz CT molecular complexity index is 893. The Morgan fingerprint density at radius 2 is 1.76 bits per heavy atom. The lowest BCUT2D eigenvalue weighted by Gasteiger charge is -2.30. The summed E-state index contributed by atoms with van der Waals surface area (Å²) in [4.78, 5) is 37.5. The molecule has 3 rings (SSSR count). The maximum Gasteiger partial charge on any atom is 0.293 e. The Morgan fingerprint density at radius 3 is 2.41 bits per heavy atom. The molecule has 0 atom stereocenters. The number of aryl methyl sites for hydroxylation is 1. The molecular weight excluding hydrogens is 372 g/mol. The van der Waals surface area contributed by atoms with E-state index in [4.69, 9.17) is 0 Å². The number of carbonyl (C=O) groups is 2. The van der Waals surface area contributed by atoms with Crippen LogP contribution in [0.2, 0.25) is 0 Å². The van der Waals surface area contributed by atoms with Gasteiger partial charge in [0.05, 0.1) is 11.5 Å². The highest BCUT2D eigenvalue weighted by molar-refractivity contribution is 5.95. The molecule has 152 valence electrons. The zero-order valence-corrected chi connectivity index (χ0v) is 16.3. The Hall–Kier alpha value is -3.26. The molecule has 0 unspecified atom stereocenters. The molecule has 1 saturated heterocycles. The van der Waals surface area contributed by atoms with Gasteiger partial charge in [0.25, 0.3) is 5.69 Å². The first kappa shape index (κ1) is 20.5. The lowest BCUT2D eigenvalue weighted by Crippen LogP contribution is -2.41. The molecule has 0 saturated carbocycles. The number of rotatable bonds is 6. The fraction of sp³-hybridized carbons (Fsp3) is 0.333. The predicted octanol–water partition coefficient (Wildman–Crippen LogP) is 3.19. The van der Waals surface area contributed by atoms with E-state index in [1.54, 1.807) is 19.1 Å². The second-order valence-electron chi connectivity index (χ2n) is 7.18. The summed E-state index contributed by atoms with van der Waals surface area (Å²) >= 11 is 0. The van der Waals surface area contributed by atoms with Gasteiger partial charge in [0, 0.05) is 17.7 Å². The minimum Gasteiger partial charge on any atom is -0.326 e. The van der Waals surface area contributed by atoms with Gasteiger partial charge in [-0.05, 0) is 50.6 Å². The van der Waals surface area contributed by atoms with Crippen LogP contribution in [0.25, 0.3) is 0 Å². The number of benzene rings is 2. The predicted molar refractivity (Wildman–Crippen MR) is 111 cm³/mol. The molecule has 0 spiro atoms. The van der Waals surface area contributed by atoms with Crippen LogP contribution in [0.15, 0.2) is 48.5 Å². The van der Waals surface area contributed by atoms with Crippen molar-refractivity contribution in [2.45, 2.75) is 19.8 Å². The van der Waals surface area contributed by atoms with Crippen LogP contribution in [-0.2, 0) is 9.59 Å². The zero-order valence-electron chi connectivity index (χ0n) is 16.3. The van der Waals surface area contributed by atoms with Crippen LogP contribution in [0, 0.1) is 23.0 Å². The van der Waals surface area contributed by atoms with Crippen LogP contribution in [0.1, 0.15) is 18.4 Å². The molecule has 2 aromatic rings. The Kier molecular flexibility index (Phi) is 6.56. The van der Waals surface area contributed by atoms with Crippen molar-refractivity contribution in [3.05, 3.63) is 64.2 Å². The van der Waals surface area contributed by atoms with Gasteiger partial charge in [0.15, 0.2) is 0 Å². The van der Waals surface area contributed by atoms with Gasteiger partial charge in [-0.3, -0.25) is 24.6 Å². The maximum absolute atomic E-state index is 12.4. The number of nitro groups is 1. The molecule has 1 aliphatic heterocycles. The Morgan fingerprint density at radius 1 is 1.07 bits per heavy atom. The van der Waals surface area contributed by atoms with Crippen molar-refractivity contribution in [3.63, 3.8) is 0 Å². The Labute approximate surface area is 169 Å². The van der Waals surface area contributed by atoms with Gasteiger partial charge in [-0.2, -0.15) is 0 Å². The summed E-state index contributed by atoms with van der Waals surface area (Å²) in [6.07, 6.45) is 1.33. The summed E-state index contributed by atoms with van der Waals surface area (Å²) < 4.78 is 0. The highest BCUT2D eigenvalue weighted by atomic mass is 16.6. The van der Waals surface area contributed by atoms with E-state index in [0.717, 1.165) is 5.69 Å². The minimum atomic E-state index is -0.501. The van der Waals surface area contributed by atoms with Gasteiger partial charge in [-0.25, -0.2) is 0 Å². The second-order valence-corrected chi connectivity index (χ2v) is 7.18. The molecule has 1 fully saturated rings. The third kappa shape index (κ3) is 5.39. The van der Waals surface area contributed by atoms with Gasteiger partial charge >= 0.3 is 0 Å². The van der Waals surface area contributed by atoms with E-state index in [9.17, 15) is 19.7 Å². The number of likely N-dealkylation sites (tertiary alicyclic amines) is 1. The number of piperidine rings is 1. The highest BCUT2D eigenvalue weighted by Crippen LogP contribution is 2.27. The lowest BCUT2D eigenvalue weighted by atomic mass is 9.96. The number of nitrogens with zero attached hydrogens (tertiary/aromatic N) is 2. The van der Waals surface area contributed by atoms with E-state index < -0.39 is 4.92 Å². The van der Waals surface area contributed by atoms with Gasteiger partial charge in [0.2, 0.25) is 11.8 Å². The van der Waals surface area contributed by atoms with Crippen molar-refractivity contribution in [3.8, 4) is 0 Å². The smallest absolute Gasteiger partial charge is 0.293 e. The van der Waals surface area contributed by atoms with Crippen molar-refractivity contribution in [1.82, 2.24) is 4.90 Å². The lowest BCUT2D eigenvalue weighted by molar-refractivity contribution is -0.384. The molecule has 8 heteroatoms. The SMILES string of the molecule is Cc1cccc([N+](=O)[O-])c1NC(=O)CN1CCC(C(=O)Nc2ccccc2)CC1. The third-order valence-electron chi connectivity index (χ3n) is 5.08. The van der Waals surface area contributed by atoms with Crippen LogP contribution in [0.4, 0.5) is 17.1 Å². The number of hydrogen-bond donors (Lipinski definition) is 2. The fourth-order valence-electron chi connectivity index (χ4n) is 3.47. The minimum absolute atomic E-state index is 0.00385. The van der Waals surface area contributed by atoms with Gasteiger partial charge < -0.3 is 10.6 Å². The molecule has 29 heavy (non-hydrogen) atoms. The highest BCUT2D eigenvalue weighted by Gasteiger charge is 2.26. The number of amides is 2. The Balaban J connectivity index is 1.50. The zero-order chi connectivity index (χ0) is 20.8. The summed E-state index contributed by atoms with van der Waals surface area (Å²) in [7, 11) is 0. The van der Waals surface area contributed by atoms with Crippen LogP contribution in [0.3, 0.4) is 0 Å². The summed E-state index contributed by atoms with van der Waals surface area (Å²) in [5, 5.41) is 16.8. The molecule has 1 aliphatic rings. The van der Waals surface area contributed by atoms with E-state index in [2.05, 4.69) is 10.6 Å². The quantitative estimate of drug-likeness (QED) is 0.576. The number of nitro benzene ring substituents is 1. The topological polar surface area (TPSA) is 105 Å². The second kappa shape index (κ2) is 9.29. The standard InChI is InChI=1S/C21H24N4O4/c1-15-6-5-9-18(25(28)29)20(15)23-19(26)14-24-12-10-16(11-13-24)21(27)22-17-7-3-2-4-8-17/h2-9,16H,10-14H2,1H3,(H,22,27)(H,23,26). The van der Waals surface area contributed by atoms with Gasteiger partial charge in [-0.1, -0.05) is 30.3 Å². The summed E-state index contributed by atoms with van der Waals surface area (Å²) in [5.74, 6) is -0.391. The van der Waals surface area contributed by atoms with Crippen molar-refractivity contribution in [2.75, 3.05) is 30.3 Å². The van der Waals surface area contributed by atoms with E-state index in [-0.39, 0.29) is 35.7 Å². The molecule has 2 aromatic carbocycles. The number of hydrogen-bond acceptors (Lipinski definition) is 5. The van der Waals surface area contributed by atoms with E-state index in [1.165, 1.54) is 6.07 Å². The van der Waals surface area contributed by atoms with Crippen LogP contribution in [0.5, 0.6) is 0 Å². The average Bonchev–Trinajstić information content (AvgIpc) is 2.70. The van der Waals surface area contributed by atoms with Gasteiger partial charge in [0.1, 0.15) is 5.69 Å². The fourth-order valence-corrected chi connectivity index (χ4v) is 3.47. The first-order valence-corrected chi connectivity index (χ1v) is 9.56. The first-order chi connectivity index (χ1) is 13.9. The molecule has 2 amide bonds. The molecule has 0 aromatic heterocycles. The molecule has 0 aliphatic carbocycles. The van der Waals surface area contributed by atoms with E-state index >= 15 is 0 Å². The third-order valence-corrected chi connectivity index (χ3v) is 5.08. The molecule has 0 bridgehead atoms. The number of anilines is 2. The molecule has 1 heterocycles. The number of nitrogens with one attached hydrogen (secondary N) is 2. The molecule has 0 radical (unpaired) electrons. The normalized spacial score (nSPS) is 14.9. The van der Waals surface area contributed by atoms with Crippen LogP contribution < -0.4 is 10.6 Å². The number of para-hydroxylation sites is 2. The molecule has 2 N–H and O–H groups in total. The maximum atomic E-state index is 12.4. The van der Waals surface area contributed by atoms with E-state index in [1.807, 2.05) is 35.2 Å². The average molecular weight is 396 g/mol. The summed E-state index contributed by atoms with van der Waals surface area (Å²) in [6.45, 7) is 3.10. The number of carbonyl (C=O) groups excluding carboxylic acids is 2. The summed E-state index contributed by atoms with van der Waals surface area (Å²) in [5.41, 5.74) is 1.54. The molecule has 8 nitrogen and oxygen atoms in total. The summed E-state index contributed by atoms with van der Waals surface area (Å²) in [6, 6.07) is 14.0. The first-order valence-electron chi connectivity index (χ1n) is 9.56. The molecular formula is C21H24N4O4. The van der Waals surface area contributed by atoms with Crippen LogP contribution >= 0.6 is 0 Å². The largest absolute Gasteiger partial charge is 0.326 e. The van der Waals surface area contributed by atoms with Crippen molar-refractivity contribution in [1.29, 1.82) is 0 Å².